The number of carboxylic acids is 1. The van der Waals surface area contributed by atoms with Gasteiger partial charge in [-0.1, -0.05) is 0 Å². The fourth-order valence-corrected chi connectivity index (χ4v) is 2.05. The molecule has 0 aliphatic rings. The maximum atomic E-state index is 10.7. The van der Waals surface area contributed by atoms with E-state index in [4.69, 9.17) is 9.84 Å². The molecule has 2 N–H and O–H groups in total. The maximum absolute atomic E-state index is 10.7. The highest BCUT2D eigenvalue weighted by atomic mass is 16.5. The van der Waals surface area contributed by atoms with E-state index in [9.17, 15) is 9.90 Å². The van der Waals surface area contributed by atoms with Crippen molar-refractivity contribution in [3.63, 3.8) is 0 Å². The number of carboxylic acid groups (broad SMARTS) is 1. The van der Waals surface area contributed by atoms with Crippen LogP contribution in [0.25, 0.3) is 10.9 Å². The van der Waals surface area contributed by atoms with Gasteiger partial charge in [0.2, 0.25) is 0 Å². The minimum atomic E-state index is -1.06. The molecule has 2 rings (SSSR count). The molecule has 0 saturated heterocycles. The Morgan fingerprint density at radius 1 is 1.42 bits per heavy atom. The molecule has 5 heteroatoms. The predicted octanol–water partition coefficient (Wildman–Crippen LogP) is 2.06. The van der Waals surface area contributed by atoms with Crippen LogP contribution in [0.15, 0.2) is 24.3 Å². The third-order valence-corrected chi connectivity index (χ3v) is 2.90. The summed E-state index contributed by atoms with van der Waals surface area (Å²) in [6.07, 6.45) is -1.40. The highest BCUT2D eigenvalue weighted by Crippen LogP contribution is 2.29. The van der Waals surface area contributed by atoms with Crippen molar-refractivity contribution in [3.05, 3.63) is 35.5 Å². The van der Waals surface area contributed by atoms with E-state index in [-0.39, 0.29) is 6.42 Å². The van der Waals surface area contributed by atoms with Crippen molar-refractivity contribution < 1.29 is 19.7 Å². The number of ether oxygens (including phenoxy) is 1. The first-order chi connectivity index (χ1) is 9.01. The van der Waals surface area contributed by atoms with Crippen LogP contribution in [0.1, 0.15) is 23.8 Å². The number of nitrogens with zero attached hydrogens (tertiary/aromatic N) is 1. The molecule has 0 bridgehead atoms. The summed E-state index contributed by atoms with van der Waals surface area (Å²) in [6, 6.07) is 7.03. The van der Waals surface area contributed by atoms with Crippen LogP contribution in [0.2, 0.25) is 0 Å². The number of aryl methyl sites for hydroxylation is 1. The van der Waals surface area contributed by atoms with Crippen LogP contribution in [0.5, 0.6) is 5.75 Å². The Morgan fingerprint density at radius 3 is 2.79 bits per heavy atom. The lowest BCUT2D eigenvalue weighted by Gasteiger charge is -2.13. The first kappa shape index (κ1) is 13.3. The fourth-order valence-electron chi connectivity index (χ4n) is 2.05. The molecule has 0 fully saturated rings. The topological polar surface area (TPSA) is 79.7 Å². The molecule has 1 aromatic carbocycles. The van der Waals surface area contributed by atoms with Gasteiger partial charge in [0, 0.05) is 11.1 Å². The first-order valence-electron chi connectivity index (χ1n) is 5.86. The largest absolute Gasteiger partial charge is 0.497 e. The Labute approximate surface area is 110 Å². The van der Waals surface area contributed by atoms with Crippen LogP contribution in [0, 0.1) is 6.92 Å². The number of methoxy groups -OCH3 is 1. The molecule has 0 amide bonds. The third kappa shape index (κ3) is 2.82. The molecule has 1 aromatic heterocycles. The molecule has 0 aliphatic carbocycles. The fraction of sp³-hybridized carbons (Fsp3) is 0.286. The average molecular weight is 261 g/mol. The monoisotopic (exact) mass is 261 g/mol. The van der Waals surface area contributed by atoms with Gasteiger partial charge in [0.05, 0.1) is 25.2 Å². The first-order valence-corrected chi connectivity index (χ1v) is 5.86. The number of hydrogen-bond acceptors (Lipinski definition) is 4. The Hall–Kier alpha value is -2.14. The van der Waals surface area contributed by atoms with Crippen molar-refractivity contribution in [2.45, 2.75) is 19.4 Å². The molecule has 1 unspecified atom stereocenters. The summed E-state index contributed by atoms with van der Waals surface area (Å²) in [6.45, 7) is 1.81. The summed E-state index contributed by atoms with van der Waals surface area (Å²) in [5.41, 5.74) is 2.00. The number of benzene rings is 1. The number of pyridine rings is 1. The van der Waals surface area contributed by atoms with Crippen LogP contribution >= 0.6 is 0 Å². The van der Waals surface area contributed by atoms with Crippen LogP contribution < -0.4 is 4.74 Å². The smallest absolute Gasteiger partial charge is 0.306 e. The number of aliphatic hydroxyl groups is 1. The summed E-state index contributed by atoms with van der Waals surface area (Å²) >= 11 is 0. The third-order valence-electron chi connectivity index (χ3n) is 2.90. The Kier molecular flexibility index (Phi) is 3.66. The number of rotatable bonds is 4. The van der Waals surface area contributed by atoms with Gasteiger partial charge in [-0.15, -0.1) is 0 Å². The minimum absolute atomic E-state index is 0.338. The molecule has 5 nitrogen and oxygen atoms in total. The van der Waals surface area contributed by atoms with Gasteiger partial charge in [0.25, 0.3) is 0 Å². The van der Waals surface area contributed by atoms with Gasteiger partial charge in [-0.2, -0.15) is 0 Å². The summed E-state index contributed by atoms with van der Waals surface area (Å²) < 4.78 is 5.14. The van der Waals surface area contributed by atoms with Crippen molar-refractivity contribution in [2.24, 2.45) is 0 Å². The van der Waals surface area contributed by atoms with Gasteiger partial charge in [-0.25, -0.2) is 0 Å². The molecule has 0 spiro atoms. The van der Waals surface area contributed by atoms with Crippen molar-refractivity contribution in [3.8, 4) is 5.75 Å². The van der Waals surface area contributed by atoms with Gasteiger partial charge in [-0.3, -0.25) is 9.78 Å². The molecule has 19 heavy (non-hydrogen) atoms. The quantitative estimate of drug-likeness (QED) is 0.880. The average Bonchev–Trinajstić information content (AvgIpc) is 2.36. The Balaban J connectivity index is 2.59. The molecular weight excluding hydrogens is 246 g/mol. The number of hydrogen-bond donors (Lipinski definition) is 2. The number of aliphatic hydroxyl groups excluding tert-OH is 1. The van der Waals surface area contributed by atoms with Crippen LogP contribution in [-0.4, -0.2) is 28.3 Å². The lowest BCUT2D eigenvalue weighted by Crippen LogP contribution is -2.07. The zero-order valence-electron chi connectivity index (χ0n) is 10.8. The standard InChI is InChI=1S/C14H15NO4/c1-8-5-11(13(16)7-14(17)18)10-6-9(19-2)3-4-12(10)15-8/h3-6,13,16H,7H2,1-2H3,(H,17,18). The molecule has 2 aromatic rings. The highest BCUT2D eigenvalue weighted by Gasteiger charge is 2.16. The zero-order valence-corrected chi connectivity index (χ0v) is 10.8. The zero-order chi connectivity index (χ0) is 14.0. The number of carbonyl (C=O) groups is 1. The van der Waals surface area contributed by atoms with Gasteiger partial charge >= 0.3 is 5.97 Å². The number of aliphatic carboxylic acids is 1. The second-order valence-corrected chi connectivity index (χ2v) is 4.35. The van der Waals surface area contributed by atoms with Crippen molar-refractivity contribution in [1.82, 2.24) is 4.98 Å². The summed E-state index contributed by atoms with van der Waals surface area (Å²) in [7, 11) is 1.55. The molecule has 0 aliphatic heterocycles. The molecule has 1 heterocycles. The van der Waals surface area contributed by atoms with E-state index in [1.165, 1.54) is 0 Å². The van der Waals surface area contributed by atoms with Crippen molar-refractivity contribution in [2.75, 3.05) is 7.11 Å². The molecule has 1 atom stereocenters. The second-order valence-electron chi connectivity index (χ2n) is 4.35. The molecular formula is C14H15NO4. The van der Waals surface area contributed by atoms with Gasteiger partial charge in [0.1, 0.15) is 5.75 Å². The van der Waals surface area contributed by atoms with E-state index in [0.717, 1.165) is 5.69 Å². The summed E-state index contributed by atoms with van der Waals surface area (Å²) in [4.78, 5) is 15.1. The predicted molar refractivity (Wildman–Crippen MR) is 70.2 cm³/mol. The van der Waals surface area contributed by atoms with E-state index in [0.29, 0.717) is 22.2 Å². The SMILES string of the molecule is COc1ccc2nc(C)cc(C(O)CC(=O)O)c2c1. The van der Waals surface area contributed by atoms with Crippen molar-refractivity contribution >= 4 is 16.9 Å². The highest BCUT2D eigenvalue weighted by molar-refractivity contribution is 5.85. The lowest BCUT2D eigenvalue weighted by atomic mass is 10.0. The van der Waals surface area contributed by atoms with Crippen LogP contribution in [-0.2, 0) is 4.79 Å². The van der Waals surface area contributed by atoms with E-state index in [2.05, 4.69) is 4.98 Å². The second kappa shape index (κ2) is 5.24. The molecule has 100 valence electrons. The van der Waals surface area contributed by atoms with Crippen LogP contribution in [0.3, 0.4) is 0 Å². The number of aromatic nitrogens is 1. The lowest BCUT2D eigenvalue weighted by molar-refractivity contribution is -0.139. The van der Waals surface area contributed by atoms with E-state index >= 15 is 0 Å². The van der Waals surface area contributed by atoms with Gasteiger partial charge in [0.15, 0.2) is 0 Å². The van der Waals surface area contributed by atoms with Gasteiger partial charge in [-0.05, 0) is 36.8 Å². The Morgan fingerprint density at radius 2 is 2.16 bits per heavy atom. The number of fused-ring (bicyclic) bond motifs is 1. The summed E-state index contributed by atoms with van der Waals surface area (Å²) in [5, 5.41) is 19.5. The molecule has 0 saturated carbocycles. The maximum Gasteiger partial charge on any atom is 0.306 e. The van der Waals surface area contributed by atoms with Crippen LogP contribution in [0.4, 0.5) is 0 Å². The van der Waals surface area contributed by atoms with Crippen molar-refractivity contribution in [1.29, 1.82) is 0 Å². The van der Waals surface area contributed by atoms with E-state index in [1.807, 2.05) is 0 Å². The Bertz CT molecular complexity index is 624. The molecule has 0 radical (unpaired) electrons. The summed E-state index contributed by atoms with van der Waals surface area (Å²) in [5.74, 6) is -0.403. The van der Waals surface area contributed by atoms with E-state index in [1.54, 1.807) is 38.3 Å². The normalized spacial score (nSPS) is 12.4. The van der Waals surface area contributed by atoms with Gasteiger partial charge < -0.3 is 14.9 Å². The minimum Gasteiger partial charge on any atom is -0.497 e. The van der Waals surface area contributed by atoms with E-state index < -0.39 is 12.1 Å².